The molecule has 4 heteroatoms. The van der Waals surface area contributed by atoms with Crippen molar-refractivity contribution < 1.29 is 5.11 Å². The van der Waals surface area contributed by atoms with Gasteiger partial charge in [-0.3, -0.25) is 0 Å². The van der Waals surface area contributed by atoms with Crippen LogP contribution < -0.4 is 5.73 Å². The SMILES string of the molecule is Cc1c(CN)cnn1-c1ccc(O)cc1. The third-order valence-electron chi connectivity index (χ3n) is 2.43. The molecule has 0 saturated heterocycles. The Bertz CT molecular complexity index is 459. The van der Waals surface area contributed by atoms with Crippen molar-refractivity contribution in [2.75, 3.05) is 0 Å². The van der Waals surface area contributed by atoms with Gasteiger partial charge in [-0.05, 0) is 31.2 Å². The smallest absolute Gasteiger partial charge is 0.115 e. The van der Waals surface area contributed by atoms with Gasteiger partial charge >= 0.3 is 0 Å². The van der Waals surface area contributed by atoms with Crippen LogP contribution in [-0.4, -0.2) is 14.9 Å². The number of nitrogens with two attached hydrogens (primary N) is 1. The Kier molecular flexibility index (Phi) is 2.43. The van der Waals surface area contributed by atoms with Gasteiger partial charge in [-0.1, -0.05) is 0 Å². The summed E-state index contributed by atoms with van der Waals surface area (Å²) in [6, 6.07) is 6.91. The minimum absolute atomic E-state index is 0.252. The molecule has 3 N–H and O–H groups in total. The Morgan fingerprint density at radius 1 is 1.33 bits per heavy atom. The van der Waals surface area contributed by atoms with E-state index in [2.05, 4.69) is 5.10 Å². The summed E-state index contributed by atoms with van der Waals surface area (Å²) in [7, 11) is 0. The van der Waals surface area contributed by atoms with Gasteiger partial charge < -0.3 is 10.8 Å². The lowest BCUT2D eigenvalue weighted by atomic mass is 10.2. The average Bonchev–Trinajstić information content (AvgIpc) is 2.61. The second-order valence-corrected chi connectivity index (χ2v) is 3.39. The van der Waals surface area contributed by atoms with E-state index in [1.54, 1.807) is 18.3 Å². The number of phenolic OH excluding ortho intramolecular Hbond substituents is 1. The number of hydrogen-bond acceptors (Lipinski definition) is 3. The fraction of sp³-hybridized carbons (Fsp3) is 0.182. The molecule has 0 bridgehead atoms. The van der Waals surface area contributed by atoms with Crippen LogP contribution in [0.3, 0.4) is 0 Å². The van der Waals surface area contributed by atoms with E-state index in [0.29, 0.717) is 6.54 Å². The van der Waals surface area contributed by atoms with Crippen molar-refractivity contribution in [3.8, 4) is 11.4 Å². The Balaban J connectivity index is 2.45. The van der Waals surface area contributed by atoms with Crippen molar-refractivity contribution in [1.82, 2.24) is 9.78 Å². The van der Waals surface area contributed by atoms with E-state index in [0.717, 1.165) is 16.9 Å². The highest BCUT2D eigenvalue weighted by Gasteiger charge is 2.05. The molecule has 0 spiro atoms. The first kappa shape index (κ1) is 9.73. The summed E-state index contributed by atoms with van der Waals surface area (Å²) in [4.78, 5) is 0. The van der Waals surface area contributed by atoms with Crippen LogP contribution in [0.4, 0.5) is 0 Å². The molecule has 0 aliphatic heterocycles. The van der Waals surface area contributed by atoms with Crippen molar-refractivity contribution in [2.24, 2.45) is 5.73 Å². The predicted octanol–water partition coefficient (Wildman–Crippen LogP) is 1.35. The van der Waals surface area contributed by atoms with Gasteiger partial charge in [-0.15, -0.1) is 0 Å². The van der Waals surface area contributed by atoms with Crippen molar-refractivity contribution in [1.29, 1.82) is 0 Å². The van der Waals surface area contributed by atoms with E-state index in [4.69, 9.17) is 5.73 Å². The van der Waals surface area contributed by atoms with Gasteiger partial charge in [-0.25, -0.2) is 4.68 Å². The lowest BCUT2D eigenvalue weighted by Gasteiger charge is -2.04. The minimum Gasteiger partial charge on any atom is -0.508 e. The molecule has 0 aliphatic rings. The summed E-state index contributed by atoms with van der Waals surface area (Å²) in [5, 5.41) is 13.4. The molecule has 2 aromatic rings. The van der Waals surface area contributed by atoms with Crippen LogP contribution in [0.15, 0.2) is 30.5 Å². The second-order valence-electron chi connectivity index (χ2n) is 3.39. The highest BCUT2D eigenvalue weighted by atomic mass is 16.3. The minimum atomic E-state index is 0.252. The van der Waals surface area contributed by atoms with E-state index in [1.165, 1.54) is 0 Å². The lowest BCUT2D eigenvalue weighted by molar-refractivity contribution is 0.475. The van der Waals surface area contributed by atoms with E-state index in [-0.39, 0.29) is 5.75 Å². The molecule has 0 radical (unpaired) electrons. The van der Waals surface area contributed by atoms with Gasteiger partial charge in [0, 0.05) is 17.8 Å². The van der Waals surface area contributed by atoms with Gasteiger partial charge in [0.2, 0.25) is 0 Å². The first-order valence-corrected chi connectivity index (χ1v) is 4.75. The van der Waals surface area contributed by atoms with Crippen LogP contribution in [-0.2, 0) is 6.54 Å². The number of rotatable bonds is 2. The van der Waals surface area contributed by atoms with Crippen LogP contribution in [0.2, 0.25) is 0 Å². The Morgan fingerprint density at radius 3 is 2.53 bits per heavy atom. The Morgan fingerprint density at radius 2 is 2.00 bits per heavy atom. The molecule has 1 heterocycles. The third-order valence-corrected chi connectivity index (χ3v) is 2.43. The summed E-state index contributed by atoms with van der Waals surface area (Å²) in [6.07, 6.45) is 1.77. The van der Waals surface area contributed by atoms with Gasteiger partial charge in [0.25, 0.3) is 0 Å². The molecule has 0 atom stereocenters. The van der Waals surface area contributed by atoms with Crippen molar-refractivity contribution in [3.05, 3.63) is 41.7 Å². The summed E-state index contributed by atoms with van der Waals surface area (Å²) in [5.41, 5.74) is 8.56. The number of benzene rings is 1. The molecule has 78 valence electrons. The lowest BCUT2D eigenvalue weighted by Crippen LogP contribution is -2.01. The van der Waals surface area contributed by atoms with Gasteiger partial charge in [0.15, 0.2) is 0 Å². The standard InChI is InChI=1S/C11H13N3O/c1-8-9(6-12)7-13-14(8)10-2-4-11(15)5-3-10/h2-5,7,15H,6,12H2,1H3. The highest BCUT2D eigenvalue weighted by molar-refractivity contribution is 5.38. The normalized spacial score (nSPS) is 10.5. The molecule has 15 heavy (non-hydrogen) atoms. The van der Waals surface area contributed by atoms with Crippen LogP contribution in [0.1, 0.15) is 11.3 Å². The van der Waals surface area contributed by atoms with Crippen molar-refractivity contribution >= 4 is 0 Å². The number of phenols is 1. The Labute approximate surface area is 88.0 Å². The van der Waals surface area contributed by atoms with Crippen LogP contribution in [0.5, 0.6) is 5.75 Å². The molecule has 1 aromatic carbocycles. The van der Waals surface area contributed by atoms with Crippen LogP contribution in [0.25, 0.3) is 5.69 Å². The molecular formula is C11H13N3O. The Hall–Kier alpha value is -1.81. The van der Waals surface area contributed by atoms with Crippen molar-refractivity contribution in [2.45, 2.75) is 13.5 Å². The van der Waals surface area contributed by atoms with Crippen LogP contribution in [0, 0.1) is 6.92 Å². The molecular weight excluding hydrogens is 190 g/mol. The first-order chi connectivity index (χ1) is 7.22. The largest absolute Gasteiger partial charge is 0.508 e. The van der Waals surface area contributed by atoms with E-state index in [9.17, 15) is 5.11 Å². The monoisotopic (exact) mass is 203 g/mol. The number of aromatic hydroxyl groups is 1. The molecule has 0 amide bonds. The molecule has 2 rings (SSSR count). The molecule has 0 saturated carbocycles. The molecule has 1 aromatic heterocycles. The topological polar surface area (TPSA) is 64.1 Å². The zero-order chi connectivity index (χ0) is 10.8. The molecule has 0 aliphatic carbocycles. The molecule has 0 fully saturated rings. The van der Waals surface area contributed by atoms with E-state index >= 15 is 0 Å². The highest BCUT2D eigenvalue weighted by Crippen LogP contribution is 2.16. The number of hydrogen-bond donors (Lipinski definition) is 2. The van der Waals surface area contributed by atoms with Gasteiger partial charge in [-0.2, -0.15) is 5.10 Å². The summed E-state index contributed by atoms with van der Waals surface area (Å²) in [6.45, 7) is 2.46. The summed E-state index contributed by atoms with van der Waals surface area (Å²) < 4.78 is 1.81. The van der Waals surface area contributed by atoms with Crippen LogP contribution >= 0.6 is 0 Å². The van der Waals surface area contributed by atoms with E-state index < -0.39 is 0 Å². The van der Waals surface area contributed by atoms with Crippen molar-refractivity contribution in [3.63, 3.8) is 0 Å². The first-order valence-electron chi connectivity index (χ1n) is 4.75. The zero-order valence-electron chi connectivity index (χ0n) is 8.51. The third kappa shape index (κ3) is 1.71. The van der Waals surface area contributed by atoms with E-state index in [1.807, 2.05) is 23.7 Å². The maximum absolute atomic E-state index is 9.17. The maximum Gasteiger partial charge on any atom is 0.115 e. The predicted molar refractivity (Wildman–Crippen MR) is 57.9 cm³/mol. The number of nitrogens with zero attached hydrogens (tertiary/aromatic N) is 2. The maximum atomic E-state index is 9.17. The summed E-state index contributed by atoms with van der Waals surface area (Å²) >= 11 is 0. The fourth-order valence-corrected chi connectivity index (χ4v) is 1.50. The number of aromatic nitrogens is 2. The summed E-state index contributed by atoms with van der Waals surface area (Å²) in [5.74, 6) is 0.252. The quantitative estimate of drug-likeness (QED) is 0.774. The van der Waals surface area contributed by atoms with Gasteiger partial charge in [0.1, 0.15) is 5.75 Å². The van der Waals surface area contributed by atoms with Gasteiger partial charge in [0.05, 0.1) is 11.9 Å². The zero-order valence-corrected chi connectivity index (χ0v) is 8.51. The molecule has 0 unspecified atom stereocenters. The second kappa shape index (κ2) is 3.74. The average molecular weight is 203 g/mol. The molecule has 4 nitrogen and oxygen atoms in total. The fourth-order valence-electron chi connectivity index (χ4n) is 1.50.